The van der Waals surface area contributed by atoms with Crippen LogP contribution in [-0.4, -0.2) is 52.5 Å². The minimum atomic E-state index is -0.286. The van der Waals surface area contributed by atoms with Crippen LogP contribution >= 0.6 is 24.0 Å². The van der Waals surface area contributed by atoms with Gasteiger partial charge in [0.25, 0.3) is 0 Å². The summed E-state index contributed by atoms with van der Waals surface area (Å²) in [4.78, 5) is 6.35. The smallest absolute Gasteiger partial charge is 0.193 e. The van der Waals surface area contributed by atoms with Crippen LogP contribution in [0.4, 0.5) is 4.39 Å². The lowest BCUT2D eigenvalue weighted by atomic mass is 10.1. The van der Waals surface area contributed by atoms with Gasteiger partial charge in [0.05, 0.1) is 20.8 Å². The zero-order valence-electron chi connectivity index (χ0n) is 18.2. The molecule has 1 aliphatic rings. The largest absolute Gasteiger partial charge is 0.497 e. The zero-order chi connectivity index (χ0) is 21.5. The molecular weight excluding hydrogens is 516 g/mol. The summed E-state index contributed by atoms with van der Waals surface area (Å²) in [7, 11) is 6.94. The van der Waals surface area contributed by atoms with Gasteiger partial charge < -0.3 is 29.2 Å². The van der Waals surface area contributed by atoms with E-state index in [0.717, 1.165) is 39.9 Å². The summed E-state index contributed by atoms with van der Waals surface area (Å²) in [6, 6.07) is 8.70. The lowest BCUT2D eigenvalue weighted by molar-refractivity contribution is -0.0172. The van der Waals surface area contributed by atoms with Gasteiger partial charge in [0, 0.05) is 44.4 Å². The molecule has 0 aliphatic carbocycles. The third-order valence-electron chi connectivity index (χ3n) is 4.90. The average molecular weight is 545 g/mol. The number of guanidine groups is 1. The molecule has 1 aliphatic heterocycles. The van der Waals surface area contributed by atoms with Crippen molar-refractivity contribution < 1.29 is 23.3 Å². The highest BCUT2D eigenvalue weighted by Gasteiger charge is 2.17. The maximum Gasteiger partial charge on any atom is 0.193 e. The molecule has 9 heteroatoms. The highest BCUT2D eigenvalue weighted by Crippen LogP contribution is 2.29. The highest BCUT2D eigenvalue weighted by atomic mass is 127. The Kier molecular flexibility index (Phi) is 9.63. The van der Waals surface area contributed by atoms with E-state index in [1.807, 2.05) is 30.1 Å². The third kappa shape index (κ3) is 6.36. The van der Waals surface area contributed by atoms with Crippen molar-refractivity contribution in [1.82, 2.24) is 10.2 Å². The van der Waals surface area contributed by atoms with Crippen molar-refractivity contribution >= 4 is 29.9 Å². The number of nitrogens with one attached hydrogen (secondary N) is 1. The molecule has 0 unspecified atom stereocenters. The third-order valence-corrected chi connectivity index (χ3v) is 4.90. The van der Waals surface area contributed by atoms with E-state index in [-0.39, 0.29) is 36.6 Å². The summed E-state index contributed by atoms with van der Waals surface area (Å²) in [6.45, 7) is 1.73. The lowest BCUT2D eigenvalue weighted by Gasteiger charge is -2.24. The van der Waals surface area contributed by atoms with Gasteiger partial charge in [-0.05, 0) is 36.2 Å². The fourth-order valence-electron chi connectivity index (χ4n) is 3.45. The molecule has 0 fully saturated rings. The molecule has 170 valence electrons. The Bertz CT molecular complexity index is 911. The van der Waals surface area contributed by atoms with Crippen LogP contribution in [0.5, 0.6) is 17.2 Å². The predicted octanol–water partition coefficient (Wildman–Crippen LogP) is 3.58. The van der Waals surface area contributed by atoms with Gasteiger partial charge in [-0.25, -0.2) is 4.39 Å². The number of hydrogen-bond donors (Lipinski definition) is 1. The molecular formula is C22H29FIN3O4. The zero-order valence-corrected chi connectivity index (χ0v) is 20.6. The summed E-state index contributed by atoms with van der Waals surface area (Å²) in [5.41, 5.74) is 2.57. The molecule has 31 heavy (non-hydrogen) atoms. The molecule has 2 aromatic rings. The Morgan fingerprint density at radius 3 is 2.71 bits per heavy atom. The maximum absolute atomic E-state index is 13.9. The van der Waals surface area contributed by atoms with Crippen molar-refractivity contribution in [1.29, 1.82) is 0 Å². The van der Waals surface area contributed by atoms with Gasteiger partial charge in [-0.1, -0.05) is 0 Å². The quantitative estimate of drug-likeness (QED) is 0.326. The molecule has 7 nitrogen and oxygen atoms in total. The van der Waals surface area contributed by atoms with Crippen LogP contribution in [0.1, 0.15) is 16.7 Å². The predicted molar refractivity (Wildman–Crippen MR) is 128 cm³/mol. The van der Waals surface area contributed by atoms with E-state index in [9.17, 15) is 4.39 Å². The number of rotatable bonds is 7. The number of aliphatic imine (C=N–C) groups is 1. The van der Waals surface area contributed by atoms with Crippen molar-refractivity contribution in [3.8, 4) is 17.2 Å². The number of fused-ring (bicyclic) bond motifs is 1. The van der Waals surface area contributed by atoms with Crippen molar-refractivity contribution in [2.45, 2.75) is 19.6 Å². The Hall–Kier alpha value is -2.27. The fraction of sp³-hybridized carbons (Fsp3) is 0.409. The lowest BCUT2D eigenvalue weighted by Crippen LogP contribution is -2.39. The van der Waals surface area contributed by atoms with E-state index in [0.29, 0.717) is 26.1 Å². The Labute approximate surface area is 199 Å². The first kappa shape index (κ1) is 25.0. The van der Waals surface area contributed by atoms with Crippen LogP contribution < -0.4 is 19.5 Å². The van der Waals surface area contributed by atoms with Gasteiger partial charge in [-0.15, -0.1) is 24.0 Å². The van der Waals surface area contributed by atoms with Crippen LogP contribution in [0.15, 0.2) is 35.3 Å². The topological polar surface area (TPSA) is 64.6 Å². The minimum Gasteiger partial charge on any atom is -0.497 e. The molecule has 3 rings (SSSR count). The molecule has 0 amide bonds. The molecule has 0 saturated heterocycles. The molecule has 0 aromatic heterocycles. The summed E-state index contributed by atoms with van der Waals surface area (Å²) >= 11 is 0. The molecule has 0 saturated carbocycles. The van der Waals surface area contributed by atoms with E-state index < -0.39 is 0 Å². The van der Waals surface area contributed by atoms with Gasteiger partial charge >= 0.3 is 0 Å². The second-order valence-corrected chi connectivity index (χ2v) is 6.92. The molecule has 1 N–H and O–H groups in total. The first-order valence-corrected chi connectivity index (χ1v) is 9.70. The monoisotopic (exact) mass is 545 g/mol. The van der Waals surface area contributed by atoms with E-state index >= 15 is 0 Å². The summed E-state index contributed by atoms with van der Waals surface area (Å²) in [5.74, 6) is 2.65. The first-order chi connectivity index (χ1) is 14.5. The minimum absolute atomic E-state index is 0. The van der Waals surface area contributed by atoms with Gasteiger partial charge in [0.15, 0.2) is 12.8 Å². The first-order valence-electron chi connectivity index (χ1n) is 9.70. The van der Waals surface area contributed by atoms with E-state index in [4.69, 9.17) is 18.9 Å². The van der Waals surface area contributed by atoms with Crippen molar-refractivity contribution in [2.24, 2.45) is 4.99 Å². The van der Waals surface area contributed by atoms with Crippen molar-refractivity contribution in [3.05, 3.63) is 52.8 Å². The molecule has 0 radical (unpaired) electrons. The van der Waals surface area contributed by atoms with Crippen LogP contribution in [0.3, 0.4) is 0 Å². The highest BCUT2D eigenvalue weighted by molar-refractivity contribution is 14.0. The number of ether oxygens (including phenoxy) is 4. The average Bonchev–Trinajstić information content (AvgIpc) is 2.76. The number of hydrogen-bond acceptors (Lipinski definition) is 5. The number of nitrogens with zero attached hydrogens (tertiary/aromatic N) is 2. The number of methoxy groups -OCH3 is 2. The number of benzene rings is 2. The summed E-state index contributed by atoms with van der Waals surface area (Å²) in [6.07, 6.45) is 0.596. The van der Waals surface area contributed by atoms with Gasteiger partial charge in [0.2, 0.25) is 0 Å². The molecule has 1 heterocycles. The standard InChI is InChI=1S/C22H28FN3O4.HI/c1-24-22(26(2)12-16-5-6-19(27-3)11-20(16)28-4)25-8-7-15-9-18(23)10-17-13-29-14-30-21(15)17;/h5-6,9-11H,7-8,12-14H2,1-4H3,(H,24,25);1H. The second kappa shape index (κ2) is 11.9. The Morgan fingerprint density at radius 1 is 1.19 bits per heavy atom. The Morgan fingerprint density at radius 2 is 2.00 bits per heavy atom. The van der Waals surface area contributed by atoms with Gasteiger partial charge in [-0.3, -0.25) is 4.99 Å². The van der Waals surface area contributed by atoms with E-state index in [1.54, 1.807) is 21.3 Å². The van der Waals surface area contributed by atoms with Crippen LogP contribution in [0.25, 0.3) is 0 Å². The van der Waals surface area contributed by atoms with Gasteiger partial charge in [-0.2, -0.15) is 0 Å². The van der Waals surface area contributed by atoms with E-state index in [2.05, 4.69) is 10.3 Å². The van der Waals surface area contributed by atoms with Crippen LogP contribution in [0.2, 0.25) is 0 Å². The van der Waals surface area contributed by atoms with Gasteiger partial charge in [0.1, 0.15) is 23.1 Å². The van der Waals surface area contributed by atoms with Crippen molar-refractivity contribution in [3.63, 3.8) is 0 Å². The SMILES string of the molecule is CN=C(NCCc1cc(F)cc2c1OCOC2)N(C)Cc1ccc(OC)cc1OC.I. The van der Waals surface area contributed by atoms with Crippen molar-refractivity contribution in [2.75, 3.05) is 41.7 Å². The summed E-state index contributed by atoms with van der Waals surface area (Å²) in [5, 5.41) is 3.33. The molecule has 0 spiro atoms. The molecule has 2 aromatic carbocycles. The fourth-order valence-corrected chi connectivity index (χ4v) is 3.45. The summed E-state index contributed by atoms with van der Waals surface area (Å²) < 4.78 is 35.5. The van der Waals surface area contributed by atoms with Crippen LogP contribution in [-0.2, 0) is 24.3 Å². The maximum atomic E-state index is 13.9. The van der Waals surface area contributed by atoms with E-state index in [1.165, 1.54) is 12.1 Å². The second-order valence-electron chi connectivity index (χ2n) is 6.92. The molecule has 0 atom stereocenters. The normalized spacial score (nSPS) is 12.9. The Balaban J connectivity index is 0.00000341. The molecule has 0 bridgehead atoms. The number of halogens is 2. The van der Waals surface area contributed by atoms with Crippen LogP contribution in [0, 0.1) is 5.82 Å².